The first-order valence-corrected chi connectivity index (χ1v) is 6.51. The van der Waals surface area contributed by atoms with Crippen LogP contribution < -0.4 is 4.90 Å². The molecule has 4 heteroatoms. The lowest BCUT2D eigenvalue weighted by molar-refractivity contribution is 0.281. The van der Waals surface area contributed by atoms with Crippen LogP contribution >= 0.6 is 11.6 Å². The Morgan fingerprint density at radius 3 is 2.94 bits per heavy atom. The Balaban J connectivity index is 2.26. The molecule has 1 aromatic rings. The molecule has 0 radical (unpaired) electrons. The van der Waals surface area contributed by atoms with Crippen LogP contribution in [0.4, 0.5) is 5.82 Å². The van der Waals surface area contributed by atoms with Crippen LogP contribution in [0.3, 0.4) is 0 Å². The Labute approximate surface area is 107 Å². The van der Waals surface area contributed by atoms with E-state index in [0.717, 1.165) is 17.9 Å². The lowest BCUT2D eigenvalue weighted by Gasteiger charge is -2.37. The van der Waals surface area contributed by atoms with Crippen LogP contribution in [0.2, 0.25) is 5.02 Å². The molecule has 1 aromatic heterocycles. The first-order chi connectivity index (χ1) is 8.11. The van der Waals surface area contributed by atoms with Gasteiger partial charge in [-0.25, -0.2) is 4.98 Å². The molecular formula is C13H19ClN2O. The molecule has 1 fully saturated rings. The highest BCUT2D eigenvalue weighted by molar-refractivity contribution is 6.31. The second-order valence-corrected chi connectivity index (χ2v) is 5.38. The first-order valence-electron chi connectivity index (χ1n) is 6.13. The van der Waals surface area contributed by atoms with Crippen molar-refractivity contribution in [2.24, 2.45) is 5.92 Å². The van der Waals surface area contributed by atoms with Crippen LogP contribution in [0.1, 0.15) is 32.3 Å². The number of halogens is 1. The van der Waals surface area contributed by atoms with Crippen LogP contribution in [0.15, 0.2) is 12.3 Å². The highest BCUT2D eigenvalue weighted by Gasteiger charge is 2.24. The maximum Gasteiger partial charge on any atom is 0.129 e. The summed E-state index contributed by atoms with van der Waals surface area (Å²) in [6.07, 6.45) is 4.10. The van der Waals surface area contributed by atoms with Crippen molar-refractivity contribution in [2.75, 3.05) is 11.4 Å². The minimum atomic E-state index is -0.0356. The quantitative estimate of drug-likeness (QED) is 0.882. The lowest BCUT2D eigenvalue weighted by Crippen LogP contribution is -2.41. The molecule has 1 aliphatic heterocycles. The maximum atomic E-state index is 9.23. The normalized spacial score (nSPS) is 25.1. The highest BCUT2D eigenvalue weighted by atomic mass is 35.5. The molecule has 0 aliphatic carbocycles. The average molecular weight is 255 g/mol. The molecule has 2 unspecified atom stereocenters. The smallest absolute Gasteiger partial charge is 0.129 e. The molecule has 0 saturated carbocycles. The zero-order chi connectivity index (χ0) is 12.4. The minimum Gasteiger partial charge on any atom is -0.392 e. The lowest BCUT2D eigenvalue weighted by atomic mass is 9.95. The van der Waals surface area contributed by atoms with Crippen LogP contribution in [0, 0.1) is 5.92 Å². The molecule has 1 aliphatic rings. The molecule has 0 amide bonds. The number of rotatable bonds is 2. The van der Waals surface area contributed by atoms with Gasteiger partial charge in [-0.15, -0.1) is 0 Å². The van der Waals surface area contributed by atoms with E-state index in [4.69, 9.17) is 11.6 Å². The van der Waals surface area contributed by atoms with Gasteiger partial charge in [0.15, 0.2) is 0 Å². The fourth-order valence-electron chi connectivity index (χ4n) is 2.35. The van der Waals surface area contributed by atoms with E-state index in [1.54, 1.807) is 6.20 Å². The standard InChI is InChI=1S/C13H19ClN2O/c1-9-3-4-10(2)16(7-9)13-5-11(8-17)12(14)6-15-13/h5-6,9-10,17H,3-4,7-8H2,1-2H3. The van der Waals surface area contributed by atoms with E-state index in [0.29, 0.717) is 17.0 Å². The van der Waals surface area contributed by atoms with Gasteiger partial charge < -0.3 is 10.0 Å². The predicted octanol–water partition coefficient (Wildman–Crippen LogP) is 2.85. The number of anilines is 1. The van der Waals surface area contributed by atoms with Crippen molar-refractivity contribution in [1.82, 2.24) is 4.98 Å². The number of hydrogen-bond donors (Lipinski definition) is 1. The maximum absolute atomic E-state index is 9.23. The van der Waals surface area contributed by atoms with Gasteiger partial charge in [0.1, 0.15) is 5.82 Å². The molecular weight excluding hydrogens is 236 g/mol. The van der Waals surface area contributed by atoms with E-state index in [1.807, 2.05) is 6.07 Å². The molecule has 2 atom stereocenters. The second-order valence-electron chi connectivity index (χ2n) is 4.98. The van der Waals surface area contributed by atoms with Gasteiger partial charge >= 0.3 is 0 Å². The SMILES string of the molecule is CC1CCC(C)N(c2cc(CO)c(Cl)cn2)C1. The van der Waals surface area contributed by atoms with Crippen molar-refractivity contribution in [3.63, 3.8) is 0 Å². The molecule has 1 N–H and O–H groups in total. The van der Waals surface area contributed by atoms with Gasteiger partial charge in [0.25, 0.3) is 0 Å². The Kier molecular flexibility index (Phi) is 3.89. The molecule has 2 heterocycles. The van der Waals surface area contributed by atoms with E-state index in [9.17, 15) is 5.11 Å². The fraction of sp³-hybridized carbons (Fsp3) is 0.615. The summed E-state index contributed by atoms with van der Waals surface area (Å²) in [4.78, 5) is 6.69. The van der Waals surface area contributed by atoms with Gasteiger partial charge in [-0.2, -0.15) is 0 Å². The van der Waals surface area contributed by atoms with Gasteiger partial charge in [-0.3, -0.25) is 0 Å². The number of aliphatic hydroxyl groups is 1. The average Bonchev–Trinajstić information content (AvgIpc) is 2.33. The van der Waals surface area contributed by atoms with Crippen molar-refractivity contribution in [3.05, 3.63) is 22.8 Å². The molecule has 0 aromatic carbocycles. The van der Waals surface area contributed by atoms with Crippen molar-refractivity contribution in [2.45, 2.75) is 39.3 Å². The number of pyridine rings is 1. The molecule has 17 heavy (non-hydrogen) atoms. The Hall–Kier alpha value is -0.800. The molecule has 1 saturated heterocycles. The summed E-state index contributed by atoms with van der Waals surface area (Å²) in [6, 6.07) is 2.41. The van der Waals surface area contributed by atoms with Gasteiger partial charge in [0.05, 0.1) is 11.6 Å². The Morgan fingerprint density at radius 1 is 1.47 bits per heavy atom. The largest absolute Gasteiger partial charge is 0.392 e. The van der Waals surface area contributed by atoms with Crippen LogP contribution in [-0.4, -0.2) is 22.7 Å². The zero-order valence-electron chi connectivity index (χ0n) is 10.4. The van der Waals surface area contributed by atoms with Crippen LogP contribution in [-0.2, 0) is 6.61 Å². The van der Waals surface area contributed by atoms with Gasteiger partial charge in [-0.05, 0) is 31.7 Å². The summed E-state index contributed by atoms with van der Waals surface area (Å²) in [5, 5.41) is 9.76. The van der Waals surface area contributed by atoms with E-state index >= 15 is 0 Å². The van der Waals surface area contributed by atoms with Gasteiger partial charge in [-0.1, -0.05) is 18.5 Å². The van der Waals surface area contributed by atoms with Crippen LogP contribution in [0.25, 0.3) is 0 Å². The number of aromatic nitrogens is 1. The summed E-state index contributed by atoms with van der Waals surface area (Å²) in [7, 11) is 0. The third kappa shape index (κ3) is 2.72. The number of piperidine rings is 1. The molecule has 0 bridgehead atoms. The molecule has 94 valence electrons. The van der Waals surface area contributed by atoms with Gasteiger partial charge in [0.2, 0.25) is 0 Å². The zero-order valence-corrected chi connectivity index (χ0v) is 11.1. The highest BCUT2D eigenvalue weighted by Crippen LogP contribution is 2.28. The van der Waals surface area contributed by atoms with Crippen molar-refractivity contribution >= 4 is 17.4 Å². The number of hydrogen-bond acceptors (Lipinski definition) is 3. The number of nitrogens with zero attached hydrogens (tertiary/aromatic N) is 2. The minimum absolute atomic E-state index is 0.0356. The van der Waals surface area contributed by atoms with Crippen molar-refractivity contribution < 1.29 is 5.11 Å². The summed E-state index contributed by atoms with van der Waals surface area (Å²) < 4.78 is 0. The summed E-state index contributed by atoms with van der Waals surface area (Å²) >= 11 is 5.96. The fourth-order valence-corrected chi connectivity index (χ4v) is 2.52. The summed E-state index contributed by atoms with van der Waals surface area (Å²) in [5.74, 6) is 1.62. The van der Waals surface area contributed by atoms with E-state index in [-0.39, 0.29) is 6.61 Å². The first kappa shape index (κ1) is 12.7. The van der Waals surface area contributed by atoms with Crippen LogP contribution in [0.5, 0.6) is 0 Å². The topological polar surface area (TPSA) is 36.4 Å². The Morgan fingerprint density at radius 2 is 2.24 bits per heavy atom. The molecule has 0 spiro atoms. The van der Waals surface area contributed by atoms with E-state index in [1.165, 1.54) is 12.8 Å². The molecule has 3 nitrogen and oxygen atoms in total. The third-order valence-corrected chi connectivity index (χ3v) is 3.84. The second kappa shape index (κ2) is 5.23. The predicted molar refractivity (Wildman–Crippen MR) is 70.4 cm³/mol. The summed E-state index contributed by atoms with van der Waals surface area (Å²) in [5.41, 5.74) is 0.752. The van der Waals surface area contributed by atoms with Crippen molar-refractivity contribution in [3.8, 4) is 0 Å². The third-order valence-electron chi connectivity index (χ3n) is 3.50. The number of aliphatic hydroxyl groups excluding tert-OH is 1. The monoisotopic (exact) mass is 254 g/mol. The Bertz CT molecular complexity index is 397. The van der Waals surface area contributed by atoms with E-state index in [2.05, 4.69) is 23.7 Å². The van der Waals surface area contributed by atoms with Gasteiger partial charge in [0, 0.05) is 24.3 Å². The summed E-state index contributed by atoms with van der Waals surface area (Å²) in [6.45, 7) is 5.48. The van der Waals surface area contributed by atoms with Crippen molar-refractivity contribution in [1.29, 1.82) is 0 Å². The molecule has 2 rings (SSSR count). The van der Waals surface area contributed by atoms with E-state index < -0.39 is 0 Å².